The number of para-hydroxylation sites is 2. The highest BCUT2D eigenvalue weighted by molar-refractivity contribution is 6.74. The molecule has 8 aromatic carbocycles. The van der Waals surface area contributed by atoms with E-state index in [-0.39, 0.29) is 92.5 Å². The van der Waals surface area contributed by atoms with Crippen molar-refractivity contribution >= 4 is 60.5 Å². The number of carbonyl (C=O) groups excluding carboxylic acids is 3. The number of methoxy groups -OCH3 is 4. The molecule has 0 radical (unpaired) electrons. The lowest BCUT2D eigenvalue weighted by molar-refractivity contribution is -0.118. The predicted molar refractivity (Wildman–Crippen MR) is 454 cm³/mol. The number of nitrogens with one attached hydrogen (secondary N) is 2. The molecular weight excluding hydrogens is 1560 g/mol. The molecular formula is C92H98N10O18Si. The van der Waals surface area contributed by atoms with E-state index in [2.05, 4.69) is 63.2 Å². The Labute approximate surface area is 702 Å². The van der Waals surface area contributed by atoms with Crippen LogP contribution in [0, 0.1) is 0 Å². The number of ether oxygens (including phenoxy) is 14. The third kappa shape index (κ3) is 19.6. The van der Waals surface area contributed by atoms with E-state index in [1.807, 2.05) is 174 Å². The number of nitrogens with zero attached hydrogens (tertiary/aromatic N) is 8. The van der Waals surface area contributed by atoms with Gasteiger partial charge in [-0.15, -0.1) is 0 Å². The van der Waals surface area contributed by atoms with E-state index < -0.39 is 74.4 Å². The van der Waals surface area contributed by atoms with Crippen LogP contribution in [-0.4, -0.2) is 164 Å². The second kappa shape index (κ2) is 38.5. The van der Waals surface area contributed by atoms with E-state index in [4.69, 9.17) is 101 Å². The Morgan fingerprint density at radius 1 is 0.471 bits per heavy atom. The number of unbranched alkanes of at least 4 members (excludes halogenated alkanes) is 1. The second-order valence-electron chi connectivity index (χ2n) is 30.3. The van der Waals surface area contributed by atoms with Gasteiger partial charge in [0.15, 0.2) is 43.9 Å². The van der Waals surface area contributed by atoms with E-state index in [1.54, 1.807) is 75.7 Å². The molecule has 0 bridgehead atoms. The van der Waals surface area contributed by atoms with Crippen LogP contribution in [0.3, 0.4) is 0 Å². The summed E-state index contributed by atoms with van der Waals surface area (Å²) < 4.78 is 98.6. The molecule has 0 spiro atoms. The Balaban J connectivity index is 0.736. The van der Waals surface area contributed by atoms with Crippen LogP contribution in [0.25, 0.3) is 22.3 Å². The van der Waals surface area contributed by atoms with Gasteiger partial charge in [-0.25, -0.2) is 14.8 Å². The number of hydrogen-bond acceptors (Lipinski definition) is 24. The lowest BCUT2D eigenvalue weighted by atomic mass is 9.80. The van der Waals surface area contributed by atoms with Gasteiger partial charge in [0.25, 0.3) is 11.8 Å². The maximum Gasteiger partial charge on any atom is 0.508 e. The molecule has 2 fully saturated rings. The minimum Gasteiger partial charge on any atom is -0.497 e. The van der Waals surface area contributed by atoms with Crippen LogP contribution in [-0.2, 0) is 53.6 Å². The predicted octanol–water partition coefficient (Wildman–Crippen LogP) is 16.0. The molecule has 2 aliphatic rings. The Kier molecular flexibility index (Phi) is 27.0. The molecule has 0 saturated carbocycles. The summed E-state index contributed by atoms with van der Waals surface area (Å²) in [5, 5.41) is 5.44. The largest absolute Gasteiger partial charge is 0.508 e. The van der Waals surface area contributed by atoms with Crippen molar-refractivity contribution in [3.8, 4) is 46.3 Å². The average Bonchev–Trinajstić information content (AvgIpc) is 1.62. The summed E-state index contributed by atoms with van der Waals surface area (Å²) in [5.41, 5.74) is 3.45. The van der Waals surface area contributed by atoms with Crippen molar-refractivity contribution in [3.05, 3.63) is 277 Å². The van der Waals surface area contributed by atoms with Crippen LogP contribution in [0.1, 0.15) is 92.3 Å². The lowest BCUT2D eigenvalue weighted by Gasteiger charge is -2.40. The van der Waals surface area contributed by atoms with Gasteiger partial charge in [0.05, 0.1) is 73.6 Å². The fourth-order valence-corrected chi connectivity index (χ4v) is 15.8. The highest BCUT2D eigenvalue weighted by Crippen LogP contribution is 2.48. The number of fused-ring (bicyclic) bond motifs is 2. The first-order valence-corrected chi connectivity index (χ1v) is 42.8. The first-order valence-electron chi connectivity index (χ1n) is 39.9. The number of rotatable bonds is 38. The van der Waals surface area contributed by atoms with Gasteiger partial charge in [0.2, 0.25) is 23.7 Å². The fraction of sp³-hybridized carbons (Fsp3) is 0.315. The molecule has 628 valence electrons. The van der Waals surface area contributed by atoms with Crippen LogP contribution >= 0.6 is 0 Å². The summed E-state index contributed by atoms with van der Waals surface area (Å²) in [6.07, 6.45) is 0.121. The number of aromatic nitrogens is 8. The van der Waals surface area contributed by atoms with Crippen molar-refractivity contribution in [2.75, 3.05) is 85.3 Å². The summed E-state index contributed by atoms with van der Waals surface area (Å²) in [6, 6.07) is 68.7. The van der Waals surface area contributed by atoms with E-state index in [1.165, 1.54) is 12.4 Å². The van der Waals surface area contributed by atoms with Crippen molar-refractivity contribution in [2.45, 2.75) is 113 Å². The summed E-state index contributed by atoms with van der Waals surface area (Å²) in [7, 11) is 3.95. The number of benzene rings is 8. The van der Waals surface area contributed by atoms with Crippen molar-refractivity contribution in [1.29, 1.82) is 0 Å². The molecule has 14 rings (SSSR count). The van der Waals surface area contributed by atoms with E-state index >= 15 is 0 Å². The number of hydrogen-bond donors (Lipinski definition) is 2. The van der Waals surface area contributed by atoms with Gasteiger partial charge in [-0.05, 0) is 137 Å². The van der Waals surface area contributed by atoms with Gasteiger partial charge >= 0.3 is 6.16 Å². The maximum atomic E-state index is 13.9. The second-order valence-corrected chi connectivity index (χ2v) is 35.1. The third-order valence-corrected chi connectivity index (χ3v) is 26.1. The molecule has 0 aliphatic carbocycles. The molecule has 2 amide bonds. The Bertz CT molecular complexity index is 5350. The summed E-state index contributed by atoms with van der Waals surface area (Å²) >= 11 is 0. The zero-order chi connectivity index (χ0) is 84.5. The fourth-order valence-electron chi connectivity index (χ4n) is 14.4. The average molecular weight is 1660 g/mol. The third-order valence-electron chi connectivity index (χ3n) is 21.6. The quantitative estimate of drug-likeness (QED) is 0.0119. The van der Waals surface area contributed by atoms with Crippen molar-refractivity contribution < 1.29 is 85.1 Å². The molecule has 0 unspecified atom stereocenters. The maximum absolute atomic E-state index is 13.9. The molecule has 28 nitrogen and oxygen atoms in total. The van der Waals surface area contributed by atoms with Crippen molar-refractivity contribution in [1.82, 2.24) is 39.0 Å². The minimum absolute atomic E-state index is 0.0267. The van der Waals surface area contributed by atoms with Gasteiger partial charge in [-0.1, -0.05) is 179 Å². The zero-order valence-corrected chi connectivity index (χ0v) is 69.9. The molecule has 6 atom stereocenters. The van der Waals surface area contributed by atoms with Crippen molar-refractivity contribution in [3.63, 3.8) is 0 Å². The van der Waals surface area contributed by atoms with E-state index in [0.717, 1.165) is 33.4 Å². The standard InChI is InChI=1S/C92H98N10O18Si/c1-11-50-112-89(105)119-73-53-79(117-75(73)55-115-91(61-26-16-12-17-27-61,63-34-42-67(106-5)43-35-63)64-36-44-68(107-6)45-37-64)101-59-93-81-83(101)97-87(95-77(103)57-113-71-30-20-14-21-31-71)99-85(81)110-51-24-25-52-111-86-82-84(98-88(100-86)96-78(104)58-114-72-32-22-15-23-33-72)102(60-94-82)80-54-74(120-121(9,10)90(2,3)4)76(118-80)56-116-92(62-28-18-13-19-29-62,65-38-46-69(108-7)47-39-65)66-40-48-70(109-8)49-41-66/h11-23,26-49,59-60,73-76,79-80H,1,24-25,50-58H2,2-10H3,(H,95,97,99,103)(H,96,98,100,104)/t73-,74-,75+,76+,79+,80+/m0/s1. The van der Waals surface area contributed by atoms with Gasteiger partial charge in [-0.3, -0.25) is 29.4 Å². The molecule has 121 heavy (non-hydrogen) atoms. The topological polar surface area (TPSA) is 301 Å². The van der Waals surface area contributed by atoms with Crippen LogP contribution in [0.2, 0.25) is 18.1 Å². The molecule has 6 heterocycles. The van der Waals surface area contributed by atoms with Gasteiger partial charge in [0, 0.05) is 12.8 Å². The highest BCUT2D eigenvalue weighted by atomic mass is 28.4. The number of imidazole rings is 2. The van der Waals surface area contributed by atoms with E-state index in [9.17, 15) is 14.4 Å². The smallest absolute Gasteiger partial charge is 0.497 e. The molecule has 4 aromatic heterocycles. The number of amides is 2. The normalized spacial score (nSPS) is 16.7. The molecule has 2 aliphatic heterocycles. The van der Waals surface area contributed by atoms with Gasteiger partial charge in [-0.2, -0.15) is 19.9 Å². The van der Waals surface area contributed by atoms with E-state index in [0.29, 0.717) is 64.9 Å². The zero-order valence-electron chi connectivity index (χ0n) is 68.9. The molecule has 2 N–H and O–H groups in total. The van der Waals surface area contributed by atoms with Crippen LogP contribution in [0.5, 0.6) is 46.3 Å². The Morgan fingerprint density at radius 3 is 1.19 bits per heavy atom. The van der Waals surface area contributed by atoms with Gasteiger partial charge in [0.1, 0.15) is 83.1 Å². The SMILES string of the molecule is C=CCOC(=O)O[C@H]1C[C@H](n2cnc3c(OCCCCOc4nc(NC(=O)COc5ccccc5)nc5c4ncn5[C@H]4C[C@H](O[Si](C)(C)C(C)(C)C)[C@@H](COC(c5ccccc5)(c5ccc(OC)cc5)c5ccc(OC)cc5)O4)nc(NC(=O)COc4ccccc4)nc32)O[C@@H]1COC(c1ccccc1)(c1ccc(OC)cc1)c1ccc(OC)cc1. The van der Waals surface area contributed by atoms with Crippen LogP contribution in [0.4, 0.5) is 16.7 Å². The summed E-state index contributed by atoms with van der Waals surface area (Å²) in [4.78, 5) is 70.1. The monoisotopic (exact) mass is 1660 g/mol. The van der Waals surface area contributed by atoms with Crippen molar-refractivity contribution in [2.24, 2.45) is 0 Å². The summed E-state index contributed by atoms with van der Waals surface area (Å²) in [6.45, 7) is 14.0. The number of carbonyl (C=O) groups is 3. The van der Waals surface area contributed by atoms with Gasteiger partial charge < -0.3 is 70.7 Å². The first-order chi connectivity index (χ1) is 58.8. The van der Waals surface area contributed by atoms with Crippen LogP contribution < -0.4 is 48.5 Å². The molecule has 12 aromatic rings. The number of anilines is 2. The highest BCUT2D eigenvalue weighted by Gasteiger charge is 2.49. The van der Waals surface area contributed by atoms with Crippen LogP contribution in [0.15, 0.2) is 244 Å². The minimum atomic E-state index is -2.53. The molecule has 2 saturated heterocycles. The summed E-state index contributed by atoms with van der Waals surface area (Å²) in [5.74, 6) is 2.43. The lowest BCUT2D eigenvalue weighted by Crippen LogP contribution is -2.47. The Morgan fingerprint density at radius 2 is 0.826 bits per heavy atom. The molecule has 29 heteroatoms. The first kappa shape index (κ1) is 84.7. The Hall–Kier alpha value is -12.8.